The van der Waals surface area contributed by atoms with Crippen molar-refractivity contribution in [3.05, 3.63) is 58.5 Å². The molecule has 0 fully saturated rings. The number of carbonyl (C=O) groups is 1. The van der Waals surface area contributed by atoms with E-state index >= 15 is 0 Å². The van der Waals surface area contributed by atoms with Gasteiger partial charge in [-0.05, 0) is 34.0 Å². The minimum atomic E-state index is -0.0356. The molecule has 0 N–H and O–H groups in total. The summed E-state index contributed by atoms with van der Waals surface area (Å²) < 4.78 is 5.55. The number of hydrogen-bond acceptors (Lipinski definition) is 2. The summed E-state index contributed by atoms with van der Waals surface area (Å²) in [5.41, 5.74) is 1.79. The first-order valence-corrected chi connectivity index (χ1v) is 6.50. The fraction of sp³-hybridized carbons (Fsp3) is 0.214. The van der Waals surface area contributed by atoms with Gasteiger partial charge in [0.2, 0.25) is 0 Å². The molecule has 4 heteroatoms. The van der Waals surface area contributed by atoms with Crippen LogP contribution in [0.3, 0.4) is 0 Å². The Morgan fingerprint density at radius 3 is 2.61 bits per heavy atom. The van der Waals surface area contributed by atoms with Crippen LogP contribution < -0.4 is 0 Å². The smallest absolute Gasteiger partial charge is 0.258 e. The normalized spacial score (nSPS) is 10.3. The van der Waals surface area contributed by atoms with E-state index in [0.717, 1.165) is 6.42 Å². The van der Waals surface area contributed by atoms with Crippen LogP contribution in [0, 0.1) is 0 Å². The topological polar surface area (TPSA) is 33.5 Å². The zero-order valence-electron chi connectivity index (χ0n) is 10.1. The van der Waals surface area contributed by atoms with E-state index in [2.05, 4.69) is 28.1 Å². The Morgan fingerprint density at radius 1 is 1.28 bits per heavy atom. The Bertz CT molecular complexity index is 522. The summed E-state index contributed by atoms with van der Waals surface area (Å²) in [4.78, 5) is 13.8. The van der Waals surface area contributed by atoms with Crippen molar-refractivity contribution >= 4 is 21.8 Å². The van der Waals surface area contributed by atoms with Crippen LogP contribution in [0.15, 0.2) is 51.7 Å². The number of rotatable bonds is 4. The van der Waals surface area contributed by atoms with Gasteiger partial charge in [-0.3, -0.25) is 4.79 Å². The Labute approximate surface area is 115 Å². The van der Waals surface area contributed by atoms with E-state index in [1.807, 2.05) is 18.2 Å². The van der Waals surface area contributed by atoms with Crippen LogP contribution in [0.2, 0.25) is 0 Å². The average Bonchev–Trinajstić information content (AvgIpc) is 2.82. The largest absolute Gasteiger partial charge is 0.457 e. The van der Waals surface area contributed by atoms with E-state index < -0.39 is 0 Å². The molecular weight excluding hydrogens is 294 g/mol. The van der Waals surface area contributed by atoms with Crippen LogP contribution in [0.25, 0.3) is 0 Å². The fourth-order valence-corrected chi connectivity index (χ4v) is 2.10. The third-order valence-electron chi connectivity index (χ3n) is 2.77. The summed E-state index contributed by atoms with van der Waals surface area (Å²) in [6, 6.07) is 11.8. The van der Waals surface area contributed by atoms with E-state index in [1.165, 1.54) is 11.8 Å². The van der Waals surface area contributed by atoms with Gasteiger partial charge in [-0.2, -0.15) is 0 Å². The van der Waals surface area contributed by atoms with Crippen LogP contribution in [0.4, 0.5) is 0 Å². The number of hydrogen-bond donors (Lipinski definition) is 0. The summed E-state index contributed by atoms with van der Waals surface area (Å²) in [5.74, 6) is -0.0356. The van der Waals surface area contributed by atoms with Gasteiger partial charge in [0.25, 0.3) is 5.91 Å². The van der Waals surface area contributed by atoms with Gasteiger partial charge in [-0.1, -0.05) is 30.3 Å². The lowest BCUT2D eigenvalue weighted by atomic mass is 10.1. The third kappa shape index (κ3) is 3.01. The first-order chi connectivity index (χ1) is 8.68. The highest BCUT2D eigenvalue weighted by molar-refractivity contribution is 9.10. The van der Waals surface area contributed by atoms with E-state index in [9.17, 15) is 4.79 Å². The van der Waals surface area contributed by atoms with Crippen LogP contribution in [-0.4, -0.2) is 24.4 Å². The van der Waals surface area contributed by atoms with Crippen LogP contribution >= 0.6 is 15.9 Å². The molecule has 1 aromatic carbocycles. The predicted octanol–water partition coefficient (Wildman–Crippen LogP) is 3.36. The highest BCUT2D eigenvalue weighted by Crippen LogP contribution is 2.19. The highest BCUT2D eigenvalue weighted by atomic mass is 79.9. The molecule has 0 spiro atoms. The molecule has 18 heavy (non-hydrogen) atoms. The maximum atomic E-state index is 12.1. The number of benzene rings is 1. The summed E-state index contributed by atoms with van der Waals surface area (Å²) in [6.45, 7) is 0.681. The molecule has 0 bridgehead atoms. The number of halogens is 1. The van der Waals surface area contributed by atoms with Gasteiger partial charge in [-0.15, -0.1) is 0 Å². The molecule has 1 amide bonds. The SMILES string of the molecule is CN(CCc1ccccc1)C(=O)c1ccoc1Br. The van der Waals surface area contributed by atoms with Crippen molar-refractivity contribution < 1.29 is 9.21 Å². The first-order valence-electron chi connectivity index (χ1n) is 5.71. The van der Waals surface area contributed by atoms with Gasteiger partial charge in [0.15, 0.2) is 4.67 Å². The van der Waals surface area contributed by atoms with Gasteiger partial charge in [0, 0.05) is 13.6 Å². The number of amides is 1. The molecule has 2 aromatic rings. The van der Waals surface area contributed by atoms with Crippen molar-refractivity contribution in [3.8, 4) is 0 Å². The van der Waals surface area contributed by atoms with Gasteiger partial charge in [0.05, 0.1) is 11.8 Å². The minimum Gasteiger partial charge on any atom is -0.457 e. The Hall–Kier alpha value is -1.55. The molecule has 0 aliphatic rings. The van der Waals surface area contributed by atoms with E-state index in [0.29, 0.717) is 16.8 Å². The Morgan fingerprint density at radius 2 is 2.00 bits per heavy atom. The first kappa shape index (κ1) is 12.9. The number of likely N-dealkylation sites (N-methyl/N-ethyl adjacent to an activating group) is 1. The highest BCUT2D eigenvalue weighted by Gasteiger charge is 2.16. The molecule has 0 aliphatic heterocycles. The lowest BCUT2D eigenvalue weighted by Gasteiger charge is -2.16. The molecule has 94 valence electrons. The second kappa shape index (κ2) is 5.87. The van der Waals surface area contributed by atoms with Crippen molar-refractivity contribution in [3.63, 3.8) is 0 Å². The van der Waals surface area contributed by atoms with E-state index in [1.54, 1.807) is 18.0 Å². The van der Waals surface area contributed by atoms with Gasteiger partial charge >= 0.3 is 0 Å². The van der Waals surface area contributed by atoms with Crippen molar-refractivity contribution in [2.75, 3.05) is 13.6 Å². The molecule has 1 heterocycles. The molecule has 0 aliphatic carbocycles. The standard InChI is InChI=1S/C14H14BrNO2/c1-16(9-7-11-5-3-2-4-6-11)14(17)12-8-10-18-13(12)15/h2-6,8,10H,7,9H2,1H3. The lowest BCUT2D eigenvalue weighted by molar-refractivity contribution is 0.0794. The van der Waals surface area contributed by atoms with Gasteiger partial charge < -0.3 is 9.32 Å². The van der Waals surface area contributed by atoms with Gasteiger partial charge in [0.1, 0.15) is 0 Å². The zero-order valence-corrected chi connectivity index (χ0v) is 11.7. The molecule has 0 saturated carbocycles. The van der Waals surface area contributed by atoms with Crippen LogP contribution in [0.5, 0.6) is 0 Å². The summed E-state index contributed by atoms with van der Waals surface area (Å²) in [5, 5.41) is 0. The van der Waals surface area contributed by atoms with Crippen molar-refractivity contribution in [2.24, 2.45) is 0 Å². The number of carbonyl (C=O) groups excluding carboxylic acids is 1. The molecule has 2 rings (SSSR count). The number of furan rings is 1. The third-order valence-corrected chi connectivity index (χ3v) is 3.39. The van der Waals surface area contributed by atoms with Crippen LogP contribution in [-0.2, 0) is 6.42 Å². The molecule has 0 unspecified atom stereocenters. The Balaban J connectivity index is 1.95. The number of nitrogens with zero attached hydrogens (tertiary/aromatic N) is 1. The second-order valence-corrected chi connectivity index (χ2v) is 4.79. The van der Waals surface area contributed by atoms with Crippen molar-refractivity contribution in [1.29, 1.82) is 0 Å². The molecule has 0 radical (unpaired) electrons. The van der Waals surface area contributed by atoms with Crippen LogP contribution in [0.1, 0.15) is 15.9 Å². The maximum absolute atomic E-state index is 12.1. The Kier molecular flexibility index (Phi) is 4.20. The van der Waals surface area contributed by atoms with Crippen molar-refractivity contribution in [1.82, 2.24) is 4.90 Å². The predicted molar refractivity (Wildman–Crippen MR) is 73.5 cm³/mol. The molecule has 3 nitrogen and oxygen atoms in total. The monoisotopic (exact) mass is 307 g/mol. The van der Waals surface area contributed by atoms with Crippen molar-refractivity contribution in [2.45, 2.75) is 6.42 Å². The molecular formula is C14H14BrNO2. The molecule has 1 aromatic heterocycles. The van der Waals surface area contributed by atoms with E-state index in [4.69, 9.17) is 4.42 Å². The minimum absolute atomic E-state index is 0.0356. The summed E-state index contributed by atoms with van der Waals surface area (Å²) in [7, 11) is 1.80. The fourth-order valence-electron chi connectivity index (χ4n) is 1.69. The molecule has 0 saturated heterocycles. The quantitative estimate of drug-likeness (QED) is 0.868. The zero-order chi connectivity index (χ0) is 13.0. The summed E-state index contributed by atoms with van der Waals surface area (Å²) in [6.07, 6.45) is 2.35. The lowest BCUT2D eigenvalue weighted by Crippen LogP contribution is -2.28. The second-order valence-electron chi connectivity index (χ2n) is 4.07. The maximum Gasteiger partial charge on any atom is 0.258 e. The van der Waals surface area contributed by atoms with Gasteiger partial charge in [-0.25, -0.2) is 0 Å². The summed E-state index contributed by atoms with van der Waals surface area (Å²) >= 11 is 3.22. The average molecular weight is 308 g/mol. The molecule has 0 atom stereocenters. The van der Waals surface area contributed by atoms with E-state index in [-0.39, 0.29) is 5.91 Å².